The average molecular weight is 445 g/mol. The van der Waals surface area contributed by atoms with Crippen LogP contribution in [-0.2, 0) is 20.1 Å². The number of hydrogen-bond donors (Lipinski definition) is 2. The molecule has 0 fully saturated rings. The number of guanidine groups is 1. The van der Waals surface area contributed by atoms with E-state index in [-0.39, 0.29) is 24.0 Å². The van der Waals surface area contributed by atoms with Gasteiger partial charge in [-0.1, -0.05) is 6.07 Å². The second kappa shape index (κ2) is 10.0. The average Bonchev–Trinajstić information content (AvgIpc) is 3.00. The van der Waals surface area contributed by atoms with Gasteiger partial charge in [-0.3, -0.25) is 9.67 Å². The van der Waals surface area contributed by atoms with Crippen molar-refractivity contribution >= 4 is 29.9 Å². The van der Waals surface area contributed by atoms with Crippen LogP contribution >= 0.6 is 24.0 Å². The van der Waals surface area contributed by atoms with E-state index in [4.69, 9.17) is 9.47 Å². The van der Waals surface area contributed by atoms with Crippen LogP contribution in [0.1, 0.15) is 11.1 Å². The van der Waals surface area contributed by atoms with E-state index < -0.39 is 0 Å². The number of rotatable bonds is 6. The van der Waals surface area contributed by atoms with E-state index in [1.165, 1.54) is 0 Å². The van der Waals surface area contributed by atoms with Crippen molar-refractivity contribution < 1.29 is 9.47 Å². The number of ether oxygens (including phenoxy) is 2. The van der Waals surface area contributed by atoms with Gasteiger partial charge in [0.2, 0.25) is 0 Å². The van der Waals surface area contributed by atoms with Gasteiger partial charge in [-0.2, -0.15) is 5.10 Å². The molecule has 0 saturated heterocycles. The molecule has 8 heteroatoms. The summed E-state index contributed by atoms with van der Waals surface area (Å²) in [7, 11) is 6.89. The number of halogens is 1. The van der Waals surface area contributed by atoms with Crippen molar-refractivity contribution in [2.24, 2.45) is 12.0 Å². The fourth-order valence-corrected chi connectivity index (χ4v) is 2.15. The van der Waals surface area contributed by atoms with Gasteiger partial charge in [-0.25, -0.2) is 0 Å². The molecule has 132 valence electrons. The van der Waals surface area contributed by atoms with Crippen molar-refractivity contribution in [3.05, 3.63) is 41.7 Å². The predicted molar refractivity (Wildman–Crippen MR) is 105 cm³/mol. The Morgan fingerprint density at radius 1 is 1.12 bits per heavy atom. The van der Waals surface area contributed by atoms with Crippen molar-refractivity contribution in [2.75, 3.05) is 21.3 Å². The largest absolute Gasteiger partial charge is 0.493 e. The molecule has 2 aromatic rings. The Labute approximate surface area is 159 Å². The summed E-state index contributed by atoms with van der Waals surface area (Å²) in [5.74, 6) is 2.16. The van der Waals surface area contributed by atoms with Crippen LogP contribution in [0.4, 0.5) is 0 Å². The van der Waals surface area contributed by atoms with Gasteiger partial charge in [-0.05, 0) is 17.7 Å². The maximum absolute atomic E-state index is 5.31. The van der Waals surface area contributed by atoms with E-state index in [1.807, 2.05) is 37.6 Å². The molecule has 0 aliphatic carbocycles. The van der Waals surface area contributed by atoms with E-state index in [0.717, 1.165) is 22.8 Å². The van der Waals surface area contributed by atoms with Crippen LogP contribution in [0.25, 0.3) is 0 Å². The Kier molecular flexibility index (Phi) is 8.37. The standard InChI is InChI=1S/C16H23N5O2.HI/c1-17-16(19-9-13-10-20-21(2)11-13)18-8-12-5-6-14(22-3)15(7-12)23-4;/h5-7,10-11H,8-9H2,1-4H3,(H2,17,18,19);1H. The molecule has 0 radical (unpaired) electrons. The number of aryl methyl sites for hydroxylation is 1. The summed E-state index contributed by atoms with van der Waals surface area (Å²) in [6, 6.07) is 5.82. The van der Waals surface area contributed by atoms with Crippen molar-refractivity contribution in [3.63, 3.8) is 0 Å². The molecule has 0 aliphatic rings. The second-order valence-electron chi connectivity index (χ2n) is 4.99. The monoisotopic (exact) mass is 445 g/mol. The highest BCUT2D eigenvalue weighted by molar-refractivity contribution is 14.0. The summed E-state index contributed by atoms with van der Waals surface area (Å²) < 4.78 is 12.3. The number of aromatic nitrogens is 2. The minimum Gasteiger partial charge on any atom is -0.493 e. The smallest absolute Gasteiger partial charge is 0.191 e. The maximum atomic E-state index is 5.31. The zero-order valence-corrected chi connectivity index (χ0v) is 16.7. The summed E-state index contributed by atoms with van der Waals surface area (Å²) in [4.78, 5) is 4.21. The lowest BCUT2D eigenvalue weighted by atomic mass is 10.2. The summed E-state index contributed by atoms with van der Waals surface area (Å²) in [5, 5.41) is 10.7. The first-order valence-corrected chi connectivity index (χ1v) is 7.29. The van der Waals surface area contributed by atoms with Gasteiger partial charge in [0.25, 0.3) is 0 Å². The molecule has 7 nitrogen and oxygen atoms in total. The normalized spacial score (nSPS) is 10.8. The van der Waals surface area contributed by atoms with E-state index in [9.17, 15) is 0 Å². The third-order valence-electron chi connectivity index (χ3n) is 3.35. The molecule has 0 bridgehead atoms. The first-order valence-electron chi connectivity index (χ1n) is 7.29. The zero-order valence-electron chi connectivity index (χ0n) is 14.4. The highest BCUT2D eigenvalue weighted by atomic mass is 127. The van der Waals surface area contributed by atoms with Crippen LogP contribution in [0.3, 0.4) is 0 Å². The van der Waals surface area contributed by atoms with Gasteiger partial charge < -0.3 is 20.1 Å². The maximum Gasteiger partial charge on any atom is 0.191 e. The topological polar surface area (TPSA) is 72.7 Å². The Bertz CT molecular complexity index is 672. The van der Waals surface area contributed by atoms with Gasteiger partial charge in [0.1, 0.15) is 0 Å². The first kappa shape index (κ1) is 20.1. The Morgan fingerprint density at radius 2 is 1.79 bits per heavy atom. The van der Waals surface area contributed by atoms with Crippen LogP contribution in [-0.4, -0.2) is 37.0 Å². The third-order valence-corrected chi connectivity index (χ3v) is 3.35. The molecular weight excluding hydrogens is 421 g/mol. The van der Waals surface area contributed by atoms with Gasteiger partial charge in [0.15, 0.2) is 17.5 Å². The lowest BCUT2D eigenvalue weighted by Gasteiger charge is -2.13. The molecule has 1 aromatic heterocycles. The molecule has 24 heavy (non-hydrogen) atoms. The molecule has 1 aromatic carbocycles. The van der Waals surface area contributed by atoms with Crippen molar-refractivity contribution in [1.82, 2.24) is 20.4 Å². The lowest BCUT2D eigenvalue weighted by molar-refractivity contribution is 0.354. The molecular formula is C16H24IN5O2. The van der Waals surface area contributed by atoms with Crippen LogP contribution in [0.2, 0.25) is 0 Å². The summed E-state index contributed by atoms with van der Waals surface area (Å²) in [6.45, 7) is 1.30. The highest BCUT2D eigenvalue weighted by Gasteiger charge is 2.05. The summed E-state index contributed by atoms with van der Waals surface area (Å²) >= 11 is 0. The lowest BCUT2D eigenvalue weighted by Crippen LogP contribution is -2.36. The molecule has 0 spiro atoms. The van der Waals surface area contributed by atoms with E-state index in [2.05, 4.69) is 20.7 Å². The van der Waals surface area contributed by atoms with Crippen molar-refractivity contribution in [1.29, 1.82) is 0 Å². The van der Waals surface area contributed by atoms with E-state index in [1.54, 1.807) is 25.9 Å². The van der Waals surface area contributed by atoms with Crippen molar-refractivity contribution in [2.45, 2.75) is 13.1 Å². The fourth-order valence-electron chi connectivity index (χ4n) is 2.15. The van der Waals surface area contributed by atoms with Crippen molar-refractivity contribution in [3.8, 4) is 11.5 Å². The number of aliphatic imine (C=N–C) groups is 1. The van der Waals surface area contributed by atoms with Gasteiger partial charge >= 0.3 is 0 Å². The molecule has 2 N–H and O–H groups in total. The van der Waals surface area contributed by atoms with Gasteiger partial charge in [0.05, 0.1) is 20.4 Å². The predicted octanol–water partition coefficient (Wildman–Crippen LogP) is 1.92. The third kappa shape index (κ3) is 5.59. The van der Waals surface area contributed by atoms with Gasteiger partial charge in [-0.15, -0.1) is 24.0 Å². The zero-order chi connectivity index (χ0) is 16.7. The number of nitrogens with one attached hydrogen (secondary N) is 2. The minimum atomic E-state index is 0. The molecule has 0 unspecified atom stereocenters. The summed E-state index contributed by atoms with van der Waals surface area (Å²) in [6.07, 6.45) is 3.79. The molecule has 0 aliphatic heterocycles. The Morgan fingerprint density at radius 3 is 2.33 bits per heavy atom. The Hall–Kier alpha value is -1.97. The van der Waals surface area contributed by atoms with E-state index >= 15 is 0 Å². The van der Waals surface area contributed by atoms with Crippen LogP contribution in [0, 0.1) is 0 Å². The molecule has 0 saturated carbocycles. The Balaban J connectivity index is 0.00000288. The quantitative estimate of drug-likeness (QED) is 0.404. The summed E-state index contributed by atoms with van der Waals surface area (Å²) in [5.41, 5.74) is 2.17. The van der Waals surface area contributed by atoms with Crippen LogP contribution < -0.4 is 20.1 Å². The fraction of sp³-hybridized carbons (Fsp3) is 0.375. The molecule has 0 atom stereocenters. The van der Waals surface area contributed by atoms with Gasteiger partial charge in [0, 0.05) is 38.9 Å². The SMILES string of the molecule is CN=C(NCc1ccc(OC)c(OC)c1)NCc1cnn(C)c1.I. The molecule has 1 heterocycles. The highest BCUT2D eigenvalue weighted by Crippen LogP contribution is 2.27. The number of methoxy groups -OCH3 is 2. The minimum absolute atomic E-state index is 0. The van der Waals surface area contributed by atoms with Crippen LogP contribution in [0.5, 0.6) is 11.5 Å². The number of nitrogens with zero attached hydrogens (tertiary/aromatic N) is 3. The first-order chi connectivity index (χ1) is 11.2. The molecule has 0 amide bonds. The number of benzene rings is 1. The number of hydrogen-bond acceptors (Lipinski definition) is 4. The second-order valence-corrected chi connectivity index (χ2v) is 4.99. The van der Waals surface area contributed by atoms with E-state index in [0.29, 0.717) is 18.8 Å². The van der Waals surface area contributed by atoms with Crippen LogP contribution in [0.15, 0.2) is 35.6 Å². The molecule has 2 rings (SSSR count).